The average Bonchev–Trinajstić information content (AvgIpc) is 2.16. The number of aliphatic hydroxyl groups excluding tert-OH is 1. The van der Waals surface area contributed by atoms with E-state index in [0.717, 1.165) is 15.9 Å². The van der Waals surface area contributed by atoms with Gasteiger partial charge >= 0.3 is 0 Å². The topological polar surface area (TPSA) is 71.2 Å². The van der Waals surface area contributed by atoms with Crippen LogP contribution in [0.25, 0.3) is 0 Å². The maximum absolute atomic E-state index is 8.61. The molecule has 0 aliphatic heterocycles. The Morgan fingerprint density at radius 2 is 2.38 bits per heavy atom. The van der Waals surface area contributed by atoms with Gasteiger partial charge in [0.1, 0.15) is 5.82 Å². The lowest BCUT2D eigenvalue weighted by Crippen LogP contribution is -2.11. The predicted molar refractivity (Wildman–Crippen MR) is 55.4 cm³/mol. The summed E-state index contributed by atoms with van der Waals surface area (Å²) in [6, 6.07) is 1.91. The molecule has 4 nitrogen and oxygen atoms in total. The van der Waals surface area contributed by atoms with E-state index in [1.165, 1.54) is 0 Å². The number of halogens is 1. The summed E-state index contributed by atoms with van der Waals surface area (Å²) in [5.41, 5.74) is 6.46. The maximum Gasteiger partial charge on any atom is 0.130 e. The summed E-state index contributed by atoms with van der Waals surface area (Å²) in [5.74, 6) is 0.736. The SMILES string of the molecule is NCc1cc(Br)cnc1NCCO. The fourth-order valence-corrected chi connectivity index (χ4v) is 1.35. The molecule has 0 fully saturated rings. The first kappa shape index (κ1) is 10.4. The number of hydrogen-bond donors (Lipinski definition) is 3. The molecule has 13 heavy (non-hydrogen) atoms. The van der Waals surface area contributed by atoms with E-state index >= 15 is 0 Å². The maximum atomic E-state index is 8.61. The van der Waals surface area contributed by atoms with Crippen molar-refractivity contribution in [1.29, 1.82) is 0 Å². The smallest absolute Gasteiger partial charge is 0.130 e. The van der Waals surface area contributed by atoms with Crippen LogP contribution < -0.4 is 11.1 Å². The van der Waals surface area contributed by atoms with Crippen molar-refractivity contribution < 1.29 is 5.11 Å². The van der Waals surface area contributed by atoms with Gasteiger partial charge in [-0.15, -0.1) is 0 Å². The standard InChI is InChI=1S/C8H12BrN3O/c9-7-3-6(4-10)8(12-5-7)11-1-2-13/h3,5,13H,1-2,4,10H2,(H,11,12). The molecule has 4 N–H and O–H groups in total. The Labute approximate surface area is 85.3 Å². The van der Waals surface area contributed by atoms with Gasteiger partial charge in [-0.05, 0) is 22.0 Å². The van der Waals surface area contributed by atoms with Crippen LogP contribution in [0.3, 0.4) is 0 Å². The summed E-state index contributed by atoms with van der Waals surface area (Å²) in [4.78, 5) is 4.14. The largest absolute Gasteiger partial charge is 0.395 e. The molecule has 0 aliphatic carbocycles. The first-order chi connectivity index (χ1) is 6.27. The van der Waals surface area contributed by atoms with Crippen molar-refractivity contribution in [3.63, 3.8) is 0 Å². The Morgan fingerprint density at radius 1 is 1.62 bits per heavy atom. The minimum absolute atomic E-state index is 0.0851. The molecule has 1 aromatic heterocycles. The fourth-order valence-electron chi connectivity index (χ4n) is 0.970. The number of pyridine rings is 1. The van der Waals surface area contributed by atoms with E-state index in [1.807, 2.05) is 6.07 Å². The molecule has 0 bridgehead atoms. The molecule has 0 unspecified atom stereocenters. The number of hydrogen-bond acceptors (Lipinski definition) is 4. The number of aliphatic hydroxyl groups is 1. The van der Waals surface area contributed by atoms with Gasteiger partial charge in [-0.1, -0.05) is 0 Å². The Bertz CT molecular complexity index is 280. The highest BCUT2D eigenvalue weighted by Gasteiger charge is 2.01. The average molecular weight is 246 g/mol. The second-order valence-corrected chi connectivity index (χ2v) is 3.43. The van der Waals surface area contributed by atoms with Crippen molar-refractivity contribution in [2.24, 2.45) is 5.73 Å². The number of rotatable bonds is 4. The summed E-state index contributed by atoms with van der Waals surface area (Å²) in [5, 5.41) is 11.6. The molecule has 1 rings (SSSR count). The zero-order valence-electron chi connectivity index (χ0n) is 7.13. The molecule has 0 amide bonds. The van der Waals surface area contributed by atoms with Gasteiger partial charge in [0.15, 0.2) is 0 Å². The van der Waals surface area contributed by atoms with Crippen LogP contribution in [-0.4, -0.2) is 23.2 Å². The van der Waals surface area contributed by atoms with Gasteiger partial charge < -0.3 is 16.2 Å². The number of nitrogens with one attached hydrogen (secondary N) is 1. The van der Waals surface area contributed by atoms with Crippen molar-refractivity contribution in [1.82, 2.24) is 4.98 Å². The third kappa shape index (κ3) is 2.95. The highest BCUT2D eigenvalue weighted by Crippen LogP contribution is 2.16. The van der Waals surface area contributed by atoms with E-state index in [2.05, 4.69) is 26.2 Å². The quantitative estimate of drug-likeness (QED) is 0.731. The Kier molecular flexibility index (Phi) is 4.14. The van der Waals surface area contributed by atoms with Gasteiger partial charge in [0.2, 0.25) is 0 Å². The lowest BCUT2D eigenvalue weighted by molar-refractivity contribution is 0.311. The molecule has 1 aromatic rings. The lowest BCUT2D eigenvalue weighted by Gasteiger charge is -2.08. The molecule has 0 spiro atoms. The highest BCUT2D eigenvalue weighted by atomic mass is 79.9. The number of aromatic nitrogens is 1. The van der Waals surface area contributed by atoms with E-state index in [1.54, 1.807) is 6.20 Å². The van der Waals surface area contributed by atoms with E-state index in [0.29, 0.717) is 13.1 Å². The minimum Gasteiger partial charge on any atom is -0.395 e. The number of nitrogens with two attached hydrogens (primary N) is 1. The molecule has 0 aromatic carbocycles. The molecule has 1 heterocycles. The first-order valence-electron chi connectivity index (χ1n) is 3.97. The zero-order chi connectivity index (χ0) is 9.68. The molecular weight excluding hydrogens is 234 g/mol. The van der Waals surface area contributed by atoms with Gasteiger partial charge in [-0.3, -0.25) is 0 Å². The summed E-state index contributed by atoms with van der Waals surface area (Å²) in [6.45, 7) is 1.00. The van der Waals surface area contributed by atoms with Crippen LogP contribution in [0, 0.1) is 0 Å². The third-order valence-corrected chi connectivity index (χ3v) is 1.99. The van der Waals surface area contributed by atoms with Gasteiger partial charge in [-0.2, -0.15) is 0 Å². The predicted octanol–water partition coefficient (Wildman–Crippen LogP) is 0.707. The second-order valence-electron chi connectivity index (χ2n) is 2.52. The zero-order valence-corrected chi connectivity index (χ0v) is 8.71. The fraction of sp³-hybridized carbons (Fsp3) is 0.375. The van der Waals surface area contributed by atoms with Crippen LogP contribution >= 0.6 is 15.9 Å². The van der Waals surface area contributed by atoms with E-state index < -0.39 is 0 Å². The van der Waals surface area contributed by atoms with Crippen molar-refractivity contribution in [2.45, 2.75) is 6.54 Å². The van der Waals surface area contributed by atoms with Crippen LogP contribution in [0.4, 0.5) is 5.82 Å². The molecular formula is C8H12BrN3O. The van der Waals surface area contributed by atoms with Crippen molar-refractivity contribution in [3.05, 3.63) is 22.3 Å². The van der Waals surface area contributed by atoms with Crippen LogP contribution in [0.15, 0.2) is 16.7 Å². The molecule has 0 atom stereocenters. The Morgan fingerprint density at radius 3 is 3.00 bits per heavy atom. The van der Waals surface area contributed by atoms with Crippen LogP contribution in [0.2, 0.25) is 0 Å². The molecule has 0 saturated carbocycles. The van der Waals surface area contributed by atoms with Crippen molar-refractivity contribution in [3.8, 4) is 0 Å². The summed E-state index contributed by atoms with van der Waals surface area (Å²) < 4.78 is 0.905. The van der Waals surface area contributed by atoms with Gasteiger partial charge in [-0.25, -0.2) is 4.98 Å². The van der Waals surface area contributed by atoms with Crippen molar-refractivity contribution >= 4 is 21.7 Å². The Hall–Kier alpha value is -0.650. The normalized spacial score (nSPS) is 10.1. The molecule has 72 valence electrons. The first-order valence-corrected chi connectivity index (χ1v) is 4.76. The van der Waals surface area contributed by atoms with Crippen LogP contribution in [0.1, 0.15) is 5.56 Å². The number of nitrogens with zero attached hydrogens (tertiary/aromatic N) is 1. The summed E-state index contributed by atoms with van der Waals surface area (Å²) >= 11 is 3.31. The summed E-state index contributed by atoms with van der Waals surface area (Å²) in [6.07, 6.45) is 1.69. The monoisotopic (exact) mass is 245 g/mol. The second kappa shape index (κ2) is 5.16. The van der Waals surface area contributed by atoms with Crippen LogP contribution in [0.5, 0.6) is 0 Å². The highest BCUT2D eigenvalue weighted by molar-refractivity contribution is 9.10. The van der Waals surface area contributed by atoms with E-state index in [9.17, 15) is 0 Å². The van der Waals surface area contributed by atoms with Gasteiger partial charge in [0.25, 0.3) is 0 Å². The lowest BCUT2D eigenvalue weighted by atomic mass is 10.2. The van der Waals surface area contributed by atoms with Crippen molar-refractivity contribution in [2.75, 3.05) is 18.5 Å². The van der Waals surface area contributed by atoms with E-state index in [4.69, 9.17) is 10.8 Å². The molecule has 0 radical (unpaired) electrons. The molecule has 0 saturated heterocycles. The third-order valence-electron chi connectivity index (χ3n) is 1.56. The summed E-state index contributed by atoms with van der Waals surface area (Å²) in [7, 11) is 0. The van der Waals surface area contributed by atoms with Gasteiger partial charge in [0, 0.05) is 29.3 Å². The van der Waals surface area contributed by atoms with Crippen LogP contribution in [-0.2, 0) is 6.54 Å². The molecule has 5 heteroatoms. The Balaban J connectivity index is 2.79. The molecule has 0 aliphatic rings. The number of anilines is 1. The van der Waals surface area contributed by atoms with Gasteiger partial charge in [0.05, 0.1) is 6.61 Å². The minimum atomic E-state index is 0.0851. The van der Waals surface area contributed by atoms with E-state index in [-0.39, 0.29) is 6.61 Å².